The van der Waals surface area contributed by atoms with Gasteiger partial charge in [0.15, 0.2) is 11.5 Å². The smallest absolute Gasteiger partial charge is 0.320 e. The number of amides is 6. The summed E-state index contributed by atoms with van der Waals surface area (Å²) in [5.41, 5.74) is 8.68. The lowest BCUT2D eigenvalue weighted by atomic mass is 9.97. The number of hydrogen-bond acceptors (Lipinski definition) is 12. The van der Waals surface area contributed by atoms with Crippen LogP contribution < -0.4 is 26.2 Å². The Bertz CT molecular complexity index is 2190. The Morgan fingerprint density at radius 1 is 0.864 bits per heavy atom. The standard InChI is InChI=1S/C41H51N13O5/c1-25-5-8-33(38(56)45-25)54-39(57)31-7-6-29(20-32(31)40(54)58)50-14-9-27(10-15-50)49-16-11-28(12-17-49)53-23-26(21-44-53)46-37-35(36(42)55)43-22-34(47-37)51-13-3-4-30(24-51)52-19-18-48(2)41(52)59/h6-7,20-23,27-28,30,33H,1,3-5,8-19,24H2,2H3,(H2,42,55)(H,45,56)(H,46,47)/t30-,33?/m0/s1. The SMILES string of the molecule is C=C1CCC(N2C(=O)c3ccc(N4CCC(N5CCC(n6cc(Nc7nc(N8CCC[C@H](N9CCN(C)C9=O)C8)cnc7C(N)=O)cn6)CC5)CC4)cc3C2=O)C(=O)N1. The van der Waals surface area contributed by atoms with Crippen LogP contribution in [0.4, 0.5) is 27.8 Å². The molecule has 0 radical (unpaired) electrons. The molecule has 1 aromatic carbocycles. The van der Waals surface area contributed by atoms with Crippen molar-refractivity contribution in [2.75, 3.05) is 74.5 Å². The molecular weight excluding hydrogens is 755 g/mol. The zero-order valence-electron chi connectivity index (χ0n) is 33.4. The van der Waals surface area contributed by atoms with Gasteiger partial charge in [-0.1, -0.05) is 6.58 Å². The Hall–Kier alpha value is -6.04. The lowest BCUT2D eigenvalue weighted by Crippen LogP contribution is -2.51. The van der Waals surface area contributed by atoms with Gasteiger partial charge in [0.1, 0.15) is 11.9 Å². The highest BCUT2D eigenvalue weighted by molar-refractivity contribution is 6.23. The highest BCUT2D eigenvalue weighted by atomic mass is 16.2. The summed E-state index contributed by atoms with van der Waals surface area (Å²) in [7, 11) is 1.83. The predicted octanol–water partition coefficient (Wildman–Crippen LogP) is 2.55. The van der Waals surface area contributed by atoms with Gasteiger partial charge in [0, 0.05) is 83.0 Å². The van der Waals surface area contributed by atoms with Gasteiger partial charge in [0.05, 0.1) is 41.3 Å². The first-order chi connectivity index (χ1) is 28.5. The number of imide groups is 1. The summed E-state index contributed by atoms with van der Waals surface area (Å²) in [5, 5.41) is 10.6. The third-order valence-corrected chi connectivity index (χ3v) is 13.0. The van der Waals surface area contributed by atoms with Crippen molar-refractivity contribution < 1.29 is 24.0 Å². The Morgan fingerprint density at radius 3 is 2.36 bits per heavy atom. The molecule has 6 amide bonds. The van der Waals surface area contributed by atoms with Gasteiger partial charge in [-0.05, 0) is 69.6 Å². The van der Waals surface area contributed by atoms with Gasteiger partial charge in [0.25, 0.3) is 17.7 Å². The van der Waals surface area contributed by atoms with Crippen LogP contribution in [-0.4, -0.2) is 147 Å². The van der Waals surface area contributed by atoms with Crippen LogP contribution in [0, 0.1) is 0 Å². The van der Waals surface area contributed by atoms with E-state index in [9.17, 15) is 24.0 Å². The molecule has 6 aliphatic heterocycles. The number of urea groups is 1. The Labute approximate surface area is 342 Å². The second kappa shape index (κ2) is 15.6. The highest BCUT2D eigenvalue weighted by Gasteiger charge is 2.44. The molecule has 5 fully saturated rings. The molecule has 59 heavy (non-hydrogen) atoms. The molecule has 2 aromatic heterocycles. The van der Waals surface area contributed by atoms with Gasteiger partial charge in [-0.2, -0.15) is 5.10 Å². The number of allylic oxidation sites excluding steroid dienone is 1. The lowest BCUT2D eigenvalue weighted by molar-refractivity contribution is -0.125. The fourth-order valence-electron chi connectivity index (χ4n) is 9.70. The molecule has 8 heterocycles. The van der Waals surface area contributed by atoms with E-state index in [1.807, 2.05) is 35.0 Å². The highest BCUT2D eigenvalue weighted by Crippen LogP contribution is 2.34. The number of nitrogens with zero attached hydrogens (tertiary/aromatic N) is 10. The molecule has 18 heteroatoms. The number of hydrogen-bond donors (Lipinski definition) is 3. The fourth-order valence-corrected chi connectivity index (χ4v) is 9.70. The first kappa shape index (κ1) is 38.5. The van der Waals surface area contributed by atoms with E-state index in [-0.39, 0.29) is 35.5 Å². The maximum atomic E-state index is 13.4. The van der Waals surface area contributed by atoms with Crippen molar-refractivity contribution in [3.8, 4) is 0 Å². The zero-order chi connectivity index (χ0) is 40.9. The maximum absolute atomic E-state index is 13.4. The second-order valence-corrected chi connectivity index (χ2v) is 16.6. The summed E-state index contributed by atoms with van der Waals surface area (Å²) in [5.74, 6) is -0.976. The normalized spacial score (nSPS) is 23.7. The van der Waals surface area contributed by atoms with Crippen LogP contribution in [0.1, 0.15) is 88.6 Å². The number of rotatable bonds is 9. The topological polar surface area (TPSA) is 198 Å². The molecule has 0 aliphatic carbocycles. The molecule has 0 saturated carbocycles. The minimum absolute atomic E-state index is 0.0504. The molecule has 4 N–H and O–H groups in total. The van der Waals surface area contributed by atoms with Crippen molar-refractivity contribution in [2.24, 2.45) is 5.73 Å². The van der Waals surface area contributed by atoms with Crippen molar-refractivity contribution in [1.82, 2.24) is 44.7 Å². The van der Waals surface area contributed by atoms with Gasteiger partial charge in [0.2, 0.25) is 5.91 Å². The fraction of sp³-hybridized carbons (Fsp3) is 0.512. The molecule has 5 saturated heterocycles. The number of carbonyl (C=O) groups is 5. The third kappa shape index (κ3) is 7.34. The molecule has 6 aliphatic rings. The van der Waals surface area contributed by atoms with Crippen molar-refractivity contribution in [3.63, 3.8) is 0 Å². The van der Waals surface area contributed by atoms with Gasteiger partial charge in [-0.3, -0.25) is 28.8 Å². The average molecular weight is 806 g/mol. The predicted molar refractivity (Wildman–Crippen MR) is 218 cm³/mol. The van der Waals surface area contributed by atoms with E-state index in [1.165, 1.54) is 0 Å². The van der Waals surface area contributed by atoms with Crippen LogP contribution in [0.5, 0.6) is 0 Å². The van der Waals surface area contributed by atoms with Crippen LogP contribution >= 0.6 is 0 Å². The first-order valence-corrected chi connectivity index (χ1v) is 20.8. The number of benzene rings is 1. The lowest BCUT2D eigenvalue weighted by Gasteiger charge is -2.42. The summed E-state index contributed by atoms with van der Waals surface area (Å²) in [6, 6.07) is 5.43. The number of anilines is 4. The van der Waals surface area contributed by atoms with E-state index < -0.39 is 23.8 Å². The Kier molecular flexibility index (Phi) is 10.2. The number of likely N-dealkylation sites (tertiary alicyclic amines) is 1. The van der Waals surface area contributed by atoms with Crippen LogP contribution in [-0.2, 0) is 4.79 Å². The molecule has 3 aromatic rings. The number of primary amides is 1. The number of nitrogens with one attached hydrogen (secondary N) is 2. The van der Waals surface area contributed by atoms with Gasteiger partial charge in [-0.15, -0.1) is 0 Å². The van der Waals surface area contributed by atoms with Gasteiger partial charge < -0.3 is 40.9 Å². The van der Waals surface area contributed by atoms with Gasteiger partial charge in [-0.25, -0.2) is 14.8 Å². The summed E-state index contributed by atoms with van der Waals surface area (Å²) in [6.45, 7) is 10.2. The monoisotopic (exact) mass is 805 g/mol. The minimum Gasteiger partial charge on any atom is -0.371 e. The maximum Gasteiger partial charge on any atom is 0.320 e. The quantitative estimate of drug-likeness (QED) is 0.268. The number of nitrogens with two attached hydrogens (primary N) is 1. The van der Waals surface area contributed by atoms with Crippen molar-refractivity contribution in [2.45, 2.75) is 75.5 Å². The molecule has 1 unspecified atom stereocenters. The van der Waals surface area contributed by atoms with E-state index in [0.717, 1.165) is 88.4 Å². The number of fused-ring (bicyclic) bond motifs is 1. The molecule has 18 nitrogen and oxygen atoms in total. The van der Waals surface area contributed by atoms with Crippen LogP contribution in [0.3, 0.4) is 0 Å². The molecule has 310 valence electrons. The zero-order valence-corrected chi connectivity index (χ0v) is 33.4. The molecular formula is C41H51N13O5. The van der Waals surface area contributed by atoms with E-state index >= 15 is 0 Å². The van der Waals surface area contributed by atoms with Crippen molar-refractivity contribution >= 4 is 52.7 Å². The van der Waals surface area contributed by atoms with Crippen LogP contribution in [0.25, 0.3) is 0 Å². The second-order valence-electron chi connectivity index (χ2n) is 16.6. The van der Waals surface area contributed by atoms with Gasteiger partial charge >= 0.3 is 6.03 Å². The molecule has 9 rings (SSSR count). The van der Waals surface area contributed by atoms with Crippen molar-refractivity contribution in [1.29, 1.82) is 0 Å². The summed E-state index contributed by atoms with van der Waals surface area (Å²) < 4.78 is 1.99. The molecule has 2 atom stereocenters. The largest absolute Gasteiger partial charge is 0.371 e. The van der Waals surface area contributed by atoms with E-state index in [0.29, 0.717) is 60.3 Å². The number of piperidine rings is 4. The van der Waals surface area contributed by atoms with Crippen LogP contribution in [0.15, 0.2) is 49.1 Å². The Balaban J connectivity index is 0.783. The molecule has 0 bridgehead atoms. The number of aromatic nitrogens is 4. The summed E-state index contributed by atoms with van der Waals surface area (Å²) >= 11 is 0. The van der Waals surface area contributed by atoms with E-state index in [4.69, 9.17) is 10.7 Å². The Morgan fingerprint density at radius 2 is 1.63 bits per heavy atom. The third-order valence-electron chi connectivity index (χ3n) is 13.0. The molecule has 0 spiro atoms. The van der Waals surface area contributed by atoms with Crippen molar-refractivity contribution in [3.05, 3.63) is 65.9 Å². The average Bonchev–Trinajstić information content (AvgIpc) is 3.92. The number of likely N-dealkylation sites (N-methyl/N-ethyl adjacent to an activating group) is 1. The first-order valence-electron chi connectivity index (χ1n) is 20.8. The van der Waals surface area contributed by atoms with E-state index in [1.54, 1.807) is 23.4 Å². The van der Waals surface area contributed by atoms with Crippen LogP contribution in [0.2, 0.25) is 0 Å². The van der Waals surface area contributed by atoms with E-state index in [2.05, 4.69) is 42.0 Å². The number of carbonyl (C=O) groups excluding carboxylic acids is 5. The summed E-state index contributed by atoms with van der Waals surface area (Å²) in [4.78, 5) is 85.4. The summed E-state index contributed by atoms with van der Waals surface area (Å²) in [6.07, 6.45) is 11.9. The minimum atomic E-state index is -0.825.